The Morgan fingerprint density at radius 1 is 1.12 bits per heavy atom. The highest BCUT2D eigenvalue weighted by molar-refractivity contribution is 7.22. The van der Waals surface area contributed by atoms with E-state index < -0.39 is 0 Å². The molecule has 0 atom stereocenters. The Bertz CT molecular complexity index is 1080. The number of nitrogens with one attached hydrogen (secondary N) is 1. The van der Waals surface area contributed by atoms with Crippen molar-refractivity contribution in [1.29, 1.82) is 0 Å². The van der Waals surface area contributed by atoms with Crippen LogP contribution in [0.2, 0.25) is 0 Å². The summed E-state index contributed by atoms with van der Waals surface area (Å²) in [7, 11) is 0. The second-order valence-corrected chi connectivity index (χ2v) is 6.74. The maximum Gasteiger partial charge on any atom is 0.256 e. The van der Waals surface area contributed by atoms with Gasteiger partial charge in [0.25, 0.3) is 5.91 Å². The first kappa shape index (κ1) is 14.7. The van der Waals surface area contributed by atoms with Crippen molar-refractivity contribution < 1.29 is 4.79 Å². The van der Waals surface area contributed by atoms with Crippen molar-refractivity contribution in [3.05, 3.63) is 65.7 Å². The molecule has 0 aliphatic carbocycles. The Morgan fingerprint density at radius 2 is 1.92 bits per heavy atom. The number of carbonyl (C=O) groups is 1. The summed E-state index contributed by atoms with van der Waals surface area (Å²) in [4.78, 5) is 17.0. The van der Waals surface area contributed by atoms with Crippen molar-refractivity contribution in [2.75, 3.05) is 11.1 Å². The average molecular weight is 333 g/mol. The van der Waals surface area contributed by atoms with E-state index in [1.807, 2.05) is 61.5 Å². The van der Waals surface area contributed by atoms with Gasteiger partial charge in [-0.1, -0.05) is 47.7 Å². The number of amides is 1. The van der Waals surface area contributed by atoms with Crippen LogP contribution in [0.1, 0.15) is 15.9 Å². The molecule has 3 aromatic carbocycles. The SMILES string of the molecule is Cc1cc(NC(=O)c2cccc3ccccc23)cc2sc(N)nc12. The van der Waals surface area contributed by atoms with E-state index in [2.05, 4.69) is 10.3 Å². The van der Waals surface area contributed by atoms with Gasteiger partial charge in [0.05, 0.1) is 10.2 Å². The van der Waals surface area contributed by atoms with Gasteiger partial charge in [-0.25, -0.2) is 4.98 Å². The third-order valence-electron chi connectivity index (χ3n) is 3.99. The van der Waals surface area contributed by atoms with Crippen molar-refractivity contribution in [3.63, 3.8) is 0 Å². The van der Waals surface area contributed by atoms with Gasteiger partial charge >= 0.3 is 0 Å². The summed E-state index contributed by atoms with van der Waals surface area (Å²) in [5.41, 5.74) is 9.08. The molecule has 0 unspecified atom stereocenters. The van der Waals surface area contributed by atoms with E-state index in [1.165, 1.54) is 11.3 Å². The minimum absolute atomic E-state index is 0.122. The van der Waals surface area contributed by atoms with Crippen LogP contribution in [-0.2, 0) is 0 Å². The molecule has 0 aliphatic heterocycles. The molecule has 4 rings (SSSR count). The standard InChI is InChI=1S/C19H15N3OS/c1-11-9-13(10-16-17(11)22-19(20)24-16)21-18(23)15-8-4-6-12-5-2-3-7-14(12)15/h2-10H,1H3,(H2,20,22)(H,21,23). The Labute approximate surface area is 142 Å². The van der Waals surface area contributed by atoms with E-state index in [0.29, 0.717) is 10.7 Å². The van der Waals surface area contributed by atoms with Crippen LogP contribution in [0.4, 0.5) is 10.8 Å². The Balaban J connectivity index is 1.73. The third-order valence-corrected chi connectivity index (χ3v) is 4.83. The zero-order valence-corrected chi connectivity index (χ0v) is 13.9. The number of nitrogens with zero attached hydrogens (tertiary/aromatic N) is 1. The second kappa shape index (κ2) is 5.62. The first-order valence-corrected chi connectivity index (χ1v) is 8.39. The van der Waals surface area contributed by atoms with Gasteiger partial charge in [0.1, 0.15) is 0 Å². The first-order chi connectivity index (χ1) is 11.6. The number of anilines is 2. The van der Waals surface area contributed by atoms with Crippen LogP contribution in [0.5, 0.6) is 0 Å². The number of hydrogen-bond acceptors (Lipinski definition) is 4. The molecule has 0 saturated heterocycles. The lowest BCUT2D eigenvalue weighted by atomic mass is 10.0. The number of rotatable bonds is 2. The number of carbonyl (C=O) groups excluding carboxylic acids is 1. The van der Waals surface area contributed by atoms with Gasteiger partial charge in [-0.05, 0) is 41.5 Å². The van der Waals surface area contributed by atoms with Crippen molar-refractivity contribution in [2.24, 2.45) is 0 Å². The van der Waals surface area contributed by atoms with Gasteiger partial charge < -0.3 is 11.1 Å². The first-order valence-electron chi connectivity index (χ1n) is 7.57. The highest BCUT2D eigenvalue weighted by atomic mass is 32.1. The molecule has 0 spiro atoms. The molecule has 0 aliphatic rings. The molecular formula is C19H15N3OS. The van der Waals surface area contributed by atoms with Crippen LogP contribution in [0.25, 0.3) is 21.0 Å². The van der Waals surface area contributed by atoms with E-state index in [0.717, 1.165) is 32.2 Å². The van der Waals surface area contributed by atoms with E-state index in [4.69, 9.17) is 5.73 Å². The summed E-state index contributed by atoms with van der Waals surface area (Å²) in [5, 5.41) is 5.51. The molecule has 118 valence electrons. The fraction of sp³-hybridized carbons (Fsp3) is 0.0526. The second-order valence-electron chi connectivity index (χ2n) is 5.67. The molecule has 5 heteroatoms. The Kier molecular flexibility index (Phi) is 3.43. The molecule has 4 nitrogen and oxygen atoms in total. The smallest absolute Gasteiger partial charge is 0.256 e. The predicted molar refractivity (Wildman–Crippen MR) is 101 cm³/mol. The predicted octanol–water partition coefficient (Wildman–Crippen LogP) is 4.59. The fourth-order valence-corrected chi connectivity index (χ4v) is 3.76. The van der Waals surface area contributed by atoms with Crippen LogP contribution in [0.15, 0.2) is 54.6 Å². The molecule has 0 saturated carbocycles. The molecular weight excluding hydrogens is 318 g/mol. The summed E-state index contributed by atoms with van der Waals surface area (Å²) in [5.74, 6) is -0.122. The number of aromatic nitrogens is 1. The lowest BCUT2D eigenvalue weighted by Crippen LogP contribution is -2.12. The third kappa shape index (κ3) is 2.49. The minimum Gasteiger partial charge on any atom is -0.375 e. The molecule has 1 aromatic heterocycles. The van der Waals surface area contributed by atoms with Crippen molar-refractivity contribution in [2.45, 2.75) is 6.92 Å². The van der Waals surface area contributed by atoms with E-state index in [1.54, 1.807) is 0 Å². The topological polar surface area (TPSA) is 68.0 Å². The molecule has 0 fully saturated rings. The monoisotopic (exact) mass is 333 g/mol. The van der Waals surface area contributed by atoms with E-state index in [9.17, 15) is 4.79 Å². The van der Waals surface area contributed by atoms with Gasteiger partial charge in [0.2, 0.25) is 0 Å². The number of nitrogens with two attached hydrogens (primary N) is 1. The van der Waals surface area contributed by atoms with Crippen LogP contribution in [-0.4, -0.2) is 10.9 Å². The molecule has 0 bridgehead atoms. The van der Waals surface area contributed by atoms with Gasteiger partial charge in [-0.3, -0.25) is 4.79 Å². The quantitative estimate of drug-likeness (QED) is 0.563. The average Bonchev–Trinajstić information content (AvgIpc) is 2.95. The highest BCUT2D eigenvalue weighted by Gasteiger charge is 2.12. The Morgan fingerprint density at radius 3 is 2.79 bits per heavy atom. The minimum atomic E-state index is -0.122. The highest BCUT2D eigenvalue weighted by Crippen LogP contribution is 2.30. The number of thiazole rings is 1. The summed E-state index contributed by atoms with van der Waals surface area (Å²) in [6, 6.07) is 17.4. The van der Waals surface area contributed by atoms with E-state index >= 15 is 0 Å². The zero-order chi connectivity index (χ0) is 16.7. The number of fused-ring (bicyclic) bond motifs is 2. The van der Waals surface area contributed by atoms with Crippen LogP contribution < -0.4 is 11.1 Å². The Hall–Kier alpha value is -2.92. The summed E-state index contributed by atoms with van der Waals surface area (Å²) >= 11 is 1.42. The molecule has 24 heavy (non-hydrogen) atoms. The molecule has 4 aromatic rings. The molecule has 0 radical (unpaired) electrons. The largest absolute Gasteiger partial charge is 0.375 e. The van der Waals surface area contributed by atoms with Gasteiger partial charge in [-0.2, -0.15) is 0 Å². The number of aryl methyl sites for hydroxylation is 1. The summed E-state index contributed by atoms with van der Waals surface area (Å²) in [6.07, 6.45) is 0. The number of benzene rings is 3. The molecule has 3 N–H and O–H groups in total. The number of hydrogen-bond donors (Lipinski definition) is 2. The van der Waals surface area contributed by atoms with Crippen molar-refractivity contribution in [1.82, 2.24) is 4.98 Å². The maximum absolute atomic E-state index is 12.7. The summed E-state index contributed by atoms with van der Waals surface area (Å²) in [6.45, 7) is 1.97. The lowest BCUT2D eigenvalue weighted by molar-refractivity contribution is 0.102. The molecule has 1 heterocycles. The van der Waals surface area contributed by atoms with E-state index in [-0.39, 0.29) is 5.91 Å². The summed E-state index contributed by atoms with van der Waals surface area (Å²) < 4.78 is 0.973. The van der Waals surface area contributed by atoms with Crippen LogP contribution in [0, 0.1) is 6.92 Å². The zero-order valence-electron chi connectivity index (χ0n) is 13.0. The molecule has 1 amide bonds. The van der Waals surface area contributed by atoms with Gasteiger partial charge in [0, 0.05) is 11.3 Å². The van der Waals surface area contributed by atoms with Crippen LogP contribution in [0.3, 0.4) is 0 Å². The van der Waals surface area contributed by atoms with Crippen molar-refractivity contribution in [3.8, 4) is 0 Å². The van der Waals surface area contributed by atoms with Crippen LogP contribution >= 0.6 is 11.3 Å². The van der Waals surface area contributed by atoms with Gasteiger partial charge in [-0.15, -0.1) is 0 Å². The fourth-order valence-electron chi connectivity index (χ4n) is 2.91. The normalized spacial score (nSPS) is 11.0. The lowest BCUT2D eigenvalue weighted by Gasteiger charge is -2.09. The number of nitrogen functional groups attached to an aromatic ring is 1. The maximum atomic E-state index is 12.7. The van der Waals surface area contributed by atoms with Crippen molar-refractivity contribution >= 4 is 49.1 Å². The van der Waals surface area contributed by atoms with Gasteiger partial charge in [0.15, 0.2) is 5.13 Å².